The molecule has 10 heteroatoms. The third kappa shape index (κ3) is 6.96. The summed E-state index contributed by atoms with van der Waals surface area (Å²) in [6, 6.07) is 23.0. The predicted molar refractivity (Wildman–Crippen MR) is 159 cm³/mol. The quantitative estimate of drug-likeness (QED) is 0.235. The van der Waals surface area contributed by atoms with Crippen molar-refractivity contribution in [2.45, 2.75) is 17.7 Å². The highest BCUT2D eigenvalue weighted by Gasteiger charge is 2.34. The Morgan fingerprint density at radius 1 is 0.976 bits per heavy atom. The van der Waals surface area contributed by atoms with Gasteiger partial charge in [-0.2, -0.15) is 5.10 Å². The maximum Gasteiger partial charge on any atom is 0.337 e. The van der Waals surface area contributed by atoms with Gasteiger partial charge in [0.2, 0.25) is 0 Å². The smallest absolute Gasteiger partial charge is 0.337 e. The lowest BCUT2D eigenvalue weighted by molar-refractivity contribution is -0.112. The van der Waals surface area contributed by atoms with Crippen LogP contribution in [-0.2, 0) is 27.1 Å². The van der Waals surface area contributed by atoms with Crippen molar-refractivity contribution in [3.05, 3.63) is 95.1 Å². The standard InChI is InChI=1S/C31H32N4O5S/c1-39-30(37)24-9-7-23(8-10-24)14-20-41-25-11-12-27-26(21-25)28(32-33-31(38)34-16-18-40-19-17-34)29(36)35(27)15-13-22-5-3-2-4-6-22/h2-12,21H,13-20H2,1H3,(H,33,38). The minimum atomic E-state index is -0.352. The normalized spacial score (nSPS) is 15.6. The average molecular weight is 573 g/mol. The summed E-state index contributed by atoms with van der Waals surface area (Å²) in [4.78, 5) is 42.3. The molecule has 5 rings (SSSR count). The topological polar surface area (TPSA) is 101 Å². The van der Waals surface area contributed by atoms with Crippen LogP contribution in [0.4, 0.5) is 10.5 Å². The molecule has 0 bridgehead atoms. The summed E-state index contributed by atoms with van der Waals surface area (Å²) in [5.41, 5.74) is 7.09. The number of benzene rings is 3. The Labute approximate surface area is 243 Å². The van der Waals surface area contributed by atoms with Crippen LogP contribution < -0.4 is 10.3 Å². The number of nitrogens with zero attached hydrogens (tertiary/aromatic N) is 3. The summed E-state index contributed by atoms with van der Waals surface area (Å²) in [6.45, 7) is 2.43. The highest BCUT2D eigenvalue weighted by Crippen LogP contribution is 2.33. The van der Waals surface area contributed by atoms with Crippen molar-refractivity contribution in [3.8, 4) is 0 Å². The molecule has 0 spiro atoms. The number of hydrogen-bond acceptors (Lipinski definition) is 7. The molecule has 0 aliphatic carbocycles. The number of hydrazone groups is 1. The number of rotatable bonds is 9. The van der Waals surface area contributed by atoms with Crippen LogP contribution >= 0.6 is 11.8 Å². The van der Waals surface area contributed by atoms with Gasteiger partial charge in [0.05, 0.1) is 31.6 Å². The Kier molecular flexibility index (Phi) is 9.33. The number of carbonyl (C=O) groups excluding carboxylic acids is 3. The monoisotopic (exact) mass is 572 g/mol. The second kappa shape index (κ2) is 13.5. The van der Waals surface area contributed by atoms with Gasteiger partial charge in [0.15, 0.2) is 5.71 Å². The first-order chi connectivity index (χ1) is 20.0. The first-order valence-corrected chi connectivity index (χ1v) is 14.5. The van der Waals surface area contributed by atoms with Crippen molar-refractivity contribution in [1.82, 2.24) is 10.3 Å². The van der Waals surface area contributed by atoms with Gasteiger partial charge in [-0.3, -0.25) is 4.79 Å². The van der Waals surface area contributed by atoms with E-state index in [0.717, 1.165) is 33.9 Å². The van der Waals surface area contributed by atoms with Crippen molar-refractivity contribution >= 4 is 41.1 Å². The maximum absolute atomic E-state index is 13.6. The molecule has 3 aromatic rings. The second-order valence-electron chi connectivity index (χ2n) is 9.64. The van der Waals surface area contributed by atoms with Crippen LogP contribution in [0, 0.1) is 0 Å². The van der Waals surface area contributed by atoms with E-state index in [4.69, 9.17) is 9.47 Å². The first kappa shape index (κ1) is 28.4. The number of aryl methyl sites for hydroxylation is 1. The molecule has 9 nitrogen and oxygen atoms in total. The number of thioether (sulfide) groups is 1. The fourth-order valence-corrected chi connectivity index (χ4v) is 5.69. The molecule has 2 aliphatic heterocycles. The van der Waals surface area contributed by atoms with Gasteiger partial charge in [-0.15, -0.1) is 11.8 Å². The molecular formula is C31H32N4O5S. The number of hydrogen-bond donors (Lipinski definition) is 1. The van der Waals surface area contributed by atoms with E-state index < -0.39 is 0 Å². The molecule has 1 N–H and O–H groups in total. The Hall–Kier alpha value is -4.15. The number of nitrogens with one attached hydrogen (secondary N) is 1. The van der Waals surface area contributed by atoms with Gasteiger partial charge < -0.3 is 19.3 Å². The SMILES string of the molecule is COC(=O)c1ccc(CCSc2ccc3c(c2)C(=NNC(=O)N2CCOCC2)C(=O)N3CCc2ccccc2)cc1. The van der Waals surface area contributed by atoms with E-state index in [9.17, 15) is 14.4 Å². The molecule has 2 aliphatic rings. The van der Waals surface area contributed by atoms with Crippen LogP contribution in [0.25, 0.3) is 0 Å². The Balaban J connectivity index is 1.30. The Morgan fingerprint density at radius 3 is 2.44 bits per heavy atom. The third-order valence-electron chi connectivity index (χ3n) is 7.02. The summed E-state index contributed by atoms with van der Waals surface area (Å²) in [5, 5.41) is 4.32. The van der Waals surface area contributed by atoms with E-state index in [1.54, 1.807) is 33.7 Å². The van der Waals surface area contributed by atoms with E-state index in [1.165, 1.54) is 7.11 Å². The van der Waals surface area contributed by atoms with Crippen molar-refractivity contribution in [3.63, 3.8) is 0 Å². The van der Waals surface area contributed by atoms with E-state index in [2.05, 4.69) is 10.5 Å². The lowest BCUT2D eigenvalue weighted by atomic mass is 10.1. The van der Waals surface area contributed by atoms with Crippen LogP contribution in [0.2, 0.25) is 0 Å². The number of morpholine rings is 1. The van der Waals surface area contributed by atoms with E-state index >= 15 is 0 Å². The lowest BCUT2D eigenvalue weighted by Gasteiger charge is -2.25. The van der Waals surface area contributed by atoms with Crippen molar-refractivity contribution in [2.75, 3.05) is 50.6 Å². The molecule has 0 atom stereocenters. The fourth-order valence-electron chi connectivity index (χ4n) is 4.75. The molecule has 0 unspecified atom stereocenters. The van der Waals surface area contributed by atoms with E-state index in [-0.39, 0.29) is 23.6 Å². The molecule has 0 saturated carbocycles. The molecule has 2 heterocycles. The largest absolute Gasteiger partial charge is 0.465 e. The van der Waals surface area contributed by atoms with Crippen LogP contribution in [0.5, 0.6) is 0 Å². The fraction of sp³-hybridized carbons (Fsp3) is 0.290. The van der Waals surface area contributed by atoms with Gasteiger partial charge in [-0.25, -0.2) is 15.0 Å². The van der Waals surface area contributed by atoms with Gasteiger partial charge in [0.1, 0.15) is 0 Å². The molecular weight excluding hydrogens is 540 g/mol. The first-order valence-electron chi connectivity index (χ1n) is 13.5. The number of fused-ring (bicyclic) bond motifs is 1. The van der Waals surface area contributed by atoms with Gasteiger partial charge in [0, 0.05) is 35.8 Å². The summed E-state index contributed by atoms with van der Waals surface area (Å²) < 4.78 is 10.1. The highest BCUT2D eigenvalue weighted by molar-refractivity contribution is 7.99. The highest BCUT2D eigenvalue weighted by atomic mass is 32.2. The van der Waals surface area contributed by atoms with Crippen LogP contribution in [0.3, 0.4) is 0 Å². The number of amides is 3. The number of methoxy groups -OCH3 is 1. The van der Waals surface area contributed by atoms with E-state index in [1.807, 2.05) is 60.7 Å². The van der Waals surface area contributed by atoms with Gasteiger partial charge in [0.25, 0.3) is 5.91 Å². The Morgan fingerprint density at radius 2 is 1.71 bits per heavy atom. The number of ether oxygens (including phenoxy) is 2. The maximum atomic E-state index is 13.6. The van der Waals surface area contributed by atoms with Crippen molar-refractivity contribution in [2.24, 2.45) is 5.10 Å². The predicted octanol–water partition coefficient (Wildman–Crippen LogP) is 4.14. The van der Waals surface area contributed by atoms with Gasteiger partial charge in [-0.05, 0) is 54.3 Å². The summed E-state index contributed by atoms with van der Waals surface area (Å²) >= 11 is 1.67. The lowest BCUT2D eigenvalue weighted by Crippen LogP contribution is -2.45. The van der Waals surface area contributed by atoms with Gasteiger partial charge in [-0.1, -0.05) is 42.5 Å². The minimum absolute atomic E-state index is 0.231. The molecule has 0 radical (unpaired) electrons. The van der Waals surface area contributed by atoms with Gasteiger partial charge >= 0.3 is 12.0 Å². The van der Waals surface area contributed by atoms with Crippen molar-refractivity contribution < 1.29 is 23.9 Å². The van der Waals surface area contributed by atoms with Crippen molar-refractivity contribution in [1.29, 1.82) is 0 Å². The molecule has 1 fully saturated rings. The number of esters is 1. The Bertz CT molecular complexity index is 1420. The van der Waals surface area contributed by atoms with Crippen LogP contribution in [0.15, 0.2) is 82.8 Å². The molecule has 41 heavy (non-hydrogen) atoms. The van der Waals surface area contributed by atoms with Crippen LogP contribution in [-0.4, -0.2) is 74.2 Å². The average Bonchev–Trinajstić information content (AvgIpc) is 3.28. The summed E-state index contributed by atoms with van der Waals surface area (Å²) in [7, 11) is 1.37. The number of urea groups is 1. The van der Waals surface area contributed by atoms with E-state index in [0.29, 0.717) is 50.4 Å². The molecule has 3 amide bonds. The molecule has 212 valence electrons. The zero-order chi connectivity index (χ0) is 28.6. The second-order valence-corrected chi connectivity index (χ2v) is 10.8. The zero-order valence-corrected chi connectivity index (χ0v) is 23.7. The van der Waals surface area contributed by atoms with Crippen LogP contribution in [0.1, 0.15) is 27.0 Å². The molecule has 3 aromatic carbocycles. The molecule has 1 saturated heterocycles. The number of anilines is 1. The minimum Gasteiger partial charge on any atom is -0.465 e. The number of carbonyl (C=O) groups is 3. The summed E-state index contributed by atoms with van der Waals surface area (Å²) in [5.74, 6) is 0.225. The summed E-state index contributed by atoms with van der Waals surface area (Å²) in [6.07, 6.45) is 1.51. The zero-order valence-electron chi connectivity index (χ0n) is 22.9. The third-order valence-corrected chi connectivity index (χ3v) is 8.02. The molecule has 0 aromatic heterocycles.